The van der Waals surface area contributed by atoms with Crippen LogP contribution in [0.15, 0.2) is 53.8 Å². The standard InChI is InChI=1S/C20H18N4O3/c1-12(13-6-4-3-5-7-13)24-19-18-20(23-11-22-19)27-16-9-15(25)17(26-2)8-14(16)10-21-18/h3-12,25H,1-2H3,(H,22,23,24)/t12-/m1/s1. The maximum atomic E-state index is 10.0. The van der Waals surface area contributed by atoms with Gasteiger partial charge in [-0.3, -0.25) is 0 Å². The molecule has 2 N–H and O–H groups in total. The largest absolute Gasteiger partial charge is 0.504 e. The van der Waals surface area contributed by atoms with Gasteiger partial charge in [-0.2, -0.15) is 4.98 Å². The second-order valence-electron chi connectivity index (χ2n) is 6.07. The molecule has 27 heavy (non-hydrogen) atoms. The van der Waals surface area contributed by atoms with E-state index in [1.54, 1.807) is 12.3 Å². The third-order valence-electron chi connectivity index (χ3n) is 4.29. The first-order valence-corrected chi connectivity index (χ1v) is 8.45. The number of ether oxygens (including phenoxy) is 2. The van der Waals surface area contributed by atoms with E-state index in [2.05, 4.69) is 20.3 Å². The number of aromatic nitrogens is 2. The van der Waals surface area contributed by atoms with Crippen LogP contribution in [-0.2, 0) is 0 Å². The summed E-state index contributed by atoms with van der Waals surface area (Å²) in [4.78, 5) is 13.0. The molecule has 2 heterocycles. The normalized spacial score (nSPS) is 13.0. The van der Waals surface area contributed by atoms with E-state index in [4.69, 9.17) is 9.47 Å². The summed E-state index contributed by atoms with van der Waals surface area (Å²) < 4.78 is 11.0. The molecule has 0 saturated carbocycles. The lowest BCUT2D eigenvalue weighted by Gasteiger charge is -2.16. The number of phenols is 1. The van der Waals surface area contributed by atoms with E-state index in [1.807, 2.05) is 37.3 Å². The third kappa shape index (κ3) is 3.27. The van der Waals surface area contributed by atoms with Crippen molar-refractivity contribution in [2.24, 2.45) is 4.99 Å². The van der Waals surface area contributed by atoms with Crippen molar-refractivity contribution in [3.8, 4) is 23.1 Å². The Bertz CT molecular complexity index is 1010. The first-order valence-electron chi connectivity index (χ1n) is 8.45. The number of methoxy groups -OCH3 is 1. The third-order valence-corrected chi connectivity index (χ3v) is 4.29. The highest BCUT2D eigenvalue weighted by molar-refractivity contribution is 5.90. The van der Waals surface area contributed by atoms with Gasteiger partial charge >= 0.3 is 0 Å². The summed E-state index contributed by atoms with van der Waals surface area (Å²) in [5.74, 6) is 1.65. The molecule has 0 aliphatic carbocycles. The quantitative estimate of drug-likeness (QED) is 0.565. The van der Waals surface area contributed by atoms with Gasteiger partial charge in [-0.05, 0) is 18.6 Å². The fourth-order valence-corrected chi connectivity index (χ4v) is 2.85. The van der Waals surface area contributed by atoms with Crippen LogP contribution in [0.4, 0.5) is 11.5 Å². The highest BCUT2D eigenvalue weighted by Crippen LogP contribution is 2.42. The number of anilines is 1. The molecule has 136 valence electrons. The number of aromatic hydroxyl groups is 1. The molecule has 0 spiro atoms. The van der Waals surface area contributed by atoms with Gasteiger partial charge in [-0.15, -0.1) is 0 Å². The second-order valence-corrected chi connectivity index (χ2v) is 6.07. The van der Waals surface area contributed by atoms with Gasteiger partial charge in [0.05, 0.1) is 13.2 Å². The molecule has 3 aromatic rings. The Morgan fingerprint density at radius 2 is 1.96 bits per heavy atom. The molecule has 1 aliphatic heterocycles. The number of fused-ring (bicyclic) bond motifs is 2. The number of phenolic OH excluding ortho intramolecular Hbond substituents is 1. The Labute approximate surface area is 156 Å². The average Bonchev–Trinajstić information content (AvgIpc) is 2.87. The van der Waals surface area contributed by atoms with Crippen LogP contribution in [0, 0.1) is 0 Å². The van der Waals surface area contributed by atoms with Crippen LogP contribution in [-0.4, -0.2) is 28.4 Å². The first-order chi connectivity index (χ1) is 13.2. The van der Waals surface area contributed by atoms with Crippen LogP contribution in [0.3, 0.4) is 0 Å². The summed E-state index contributed by atoms with van der Waals surface area (Å²) in [6.45, 7) is 2.04. The zero-order chi connectivity index (χ0) is 18.8. The number of benzene rings is 2. The number of aliphatic imine (C=N–C) groups is 1. The minimum atomic E-state index is -0.0156. The number of nitrogens with one attached hydrogen (secondary N) is 1. The Balaban J connectivity index is 1.69. The van der Waals surface area contributed by atoms with Crippen molar-refractivity contribution in [1.29, 1.82) is 0 Å². The van der Waals surface area contributed by atoms with Gasteiger partial charge in [0.2, 0.25) is 0 Å². The maximum absolute atomic E-state index is 10.0. The van der Waals surface area contributed by atoms with E-state index in [0.717, 1.165) is 5.56 Å². The molecule has 2 aromatic carbocycles. The molecule has 0 unspecified atom stereocenters. The predicted molar refractivity (Wildman–Crippen MR) is 102 cm³/mol. The average molecular weight is 362 g/mol. The highest BCUT2D eigenvalue weighted by Gasteiger charge is 2.20. The Kier molecular flexibility index (Phi) is 4.33. The zero-order valence-electron chi connectivity index (χ0n) is 14.9. The topological polar surface area (TPSA) is 88.9 Å². The molecule has 1 aliphatic rings. The lowest BCUT2D eigenvalue weighted by atomic mass is 10.1. The SMILES string of the molecule is COc1cc2c(cc1O)Oc1ncnc(N[C@H](C)c3ccccc3)c1N=C2. The summed E-state index contributed by atoms with van der Waals surface area (Å²) in [5.41, 5.74) is 2.29. The van der Waals surface area contributed by atoms with Crippen LogP contribution < -0.4 is 14.8 Å². The molecule has 1 aromatic heterocycles. The van der Waals surface area contributed by atoms with Crippen molar-refractivity contribution in [2.45, 2.75) is 13.0 Å². The summed E-state index contributed by atoms with van der Waals surface area (Å²) >= 11 is 0. The minimum absolute atomic E-state index is 0.0156. The van der Waals surface area contributed by atoms with Gasteiger partial charge in [0.15, 0.2) is 23.0 Å². The molecule has 4 rings (SSSR count). The molecule has 0 bridgehead atoms. The van der Waals surface area contributed by atoms with Crippen molar-refractivity contribution < 1.29 is 14.6 Å². The van der Waals surface area contributed by atoms with Crippen molar-refractivity contribution in [1.82, 2.24) is 9.97 Å². The molecule has 0 fully saturated rings. The van der Waals surface area contributed by atoms with Gasteiger partial charge < -0.3 is 19.9 Å². The summed E-state index contributed by atoms with van der Waals surface area (Å²) in [6, 6.07) is 13.2. The highest BCUT2D eigenvalue weighted by atomic mass is 16.5. The van der Waals surface area contributed by atoms with Crippen LogP contribution in [0.2, 0.25) is 0 Å². The maximum Gasteiger partial charge on any atom is 0.250 e. The summed E-state index contributed by atoms with van der Waals surface area (Å²) in [6.07, 6.45) is 3.06. The fourth-order valence-electron chi connectivity index (χ4n) is 2.85. The number of nitrogens with zero attached hydrogens (tertiary/aromatic N) is 3. The Morgan fingerprint density at radius 3 is 2.74 bits per heavy atom. The monoisotopic (exact) mass is 362 g/mol. The minimum Gasteiger partial charge on any atom is -0.504 e. The van der Waals surface area contributed by atoms with E-state index in [1.165, 1.54) is 19.5 Å². The Morgan fingerprint density at radius 1 is 1.15 bits per heavy atom. The number of hydrogen-bond acceptors (Lipinski definition) is 7. The van der Waals surface area contributed by atoms with Crippen molar-refractivity contribution >= 4 is 17.7 Å². The molecule has 7 heteroatoms. The molecule has 7 nitrogen and oxygen atoms in total. The van der Waals surface area contributed by atoms with E-state index in [0.29, 0.717) is 34.4 Å². The molecule has 1 atom stereocenters. The second kappa shape index (κ2) is 6.95. The van der Waals surface area contributed by atoms with Crippen molar-refractivity contribution in [2.75, 3.05) is 12.4 Å². The first kappa shape index (κ1) is 16.8. The van der Waals surface area contributed by atoms with Gasteiger partial charge in [0, 0.05) is 17.8 Å². The van der Waals surface area contributed by atoms with Gasteiger partial charge in [-0.25, -0.2) is 9.98 Å². The predicted octanol–water partition coefficient (Wildman–Crippen LogP) is 4.22. The smallest absolute Gasteiger partial charge is 0.250 e. The molecular formula is C20H18N4O3. The van der Waals surface area contributed by atoms with E-state index in [-0.39, 0.29) is 11.8 Å². The van der Waals surface area contributed by atoms with E-state index in [9.17, 15) is 5.11 Å². The van der Waals surface area contributed by atoms with Crippen LogP contribution in [0.25, 0.3) is 0 Å². The lowest BCUT2D eigenvalue weighted by molar-refractivity contribution is 0.369. The van der Waals surface area contributed by atoms with Gasteiger partial charge in [0.1, 0.15) is 12.1 Å². The van der Waals surface area contributed by atoms with Crippen LogP contribution >= 0.6 is 0 Å². The van der Waals surface area contributed by atoms with Gasteiger partial charge in [0.25, 0.3) is 5.88 Å². The van der Waals surface area contributed by atoms with Gasteiger partial charge in [-0.1, -0.05) is 30.3 Å². The van der Waals surface area contributed by atoms with Crippen LogP contribution in [0.5, 0.6) is 23.1 Å². The summed E-state index contributed by atoms with van der Waals surface area (Å²) in [7, 11) is 1.49. The number of hydrogen-bond donors (Lipinski definition) is 2. The summed E-state index contributed by atoms with van der Waals surface area (Å²) in [5, 5.41) is 13.4. The number of rotatable bonds is 4. The van der Waals surface area contributed by atoms with Crippen molar-refractivity contribution in [3.05, 3.63) is 59.9 Å². The van der Waals surface area contributed by atoms with Crippen molar-refractivity contribution in [3.63, 3.8) is 0 Å². The molecule has 0 amide bonds. The van der Waals surface area contributed by atoms with E-state index >= 15 is 0 Å². The zero-order valence-corrected chi connectivity index (χ0v) is 14.9. The van der Waals surface area contributed by atoms with Crippen LogP contribution in [0.1, 0.15) is 24.1 Å². The lowest BCUT2D eigenvalue weighted by Crippen LogP contribution is -2.08. The molecule has 0 saturated heterocycles. The molecule has 0 radical (unpaired) electrons. The van der Waals surface area contributed by atoms with E-state index < -0.39 is 0 Å². The Hall–Kier alpha value is -3.61. The molecular weight excluding hydrogens is 344 g/mol. The fraction of sp³-hybridized carbons (Fsp3) is 0.150.